The summed E-state index contributed by atoms with van der Waals surface area (Å²) in [5.74, 6) is 0.396. The number of nitrogens with one attached hydrogen (secondary N) is 1. The van der Waals surface area contributed by atoms with Gasteiger partial charge >= 0.3 is 17.8 Å². The Labute approximate surface area is 221 Å². The van der Waals surface area contributed by atoms with Crippen molar-refractivity contribution in [1.29, 1.82) is 0 Å². The molecule has 6 heterocycles. The van der Waals surface area contributed by atoms with Crippen molar-refractivity contribution >= 4 is 27.6 Å². The molecule has 1 atom stereocenters. The molecule has 3 aliphatic rings. The van der Waals surface area contributed by atoms with E-state index in [1.165, 1.54) is 18.2 Å². The van der Waals surface area contributed by atoms with Crippen LogP contribution < -0.4 is 15.3 Å². The van der Waals surface area contributed by atoms with Crippen molar-refractivity contribution in [1.82, 2.24) is 25.1 Å². The molecule has 1 aromatic carbocycles. The summed E-state index contributed by atoms with van der Waals surface area (Å²) in [6.07, 6.45) is 0.650. The number of nitrogens with zero attached hydrogens (tertiary/aromatic N) is 5. The van der Waals surface area contributed by atoms with E-state index in [1.54, 1.807) is 6.07 Å². The molecule has 9 nitrogen and oxygen atoms in total. The number of fused-ring (bicyclic) bond motifs is 3. The Morgan fingerprint density at radius 2 is 1.92 bits per heavy atom. The minimum absolute atomic E-state index is 0.0195. The number of benzene rings is 1. The second-order valence-electron chi connectivity index (χ2n) is 10.8. The van der Waals surface area contributed by atoms with Crippen LogP contribution in [0.25, 0.3) is 33.1 Å². The molecule has 3 aromatic heterocycles. The van der Waals surface area contributed by atoms with E-state index >= 15 is 0 Å². The topological polar surface area (TPSA) is 100 Å². The lowest BCUT2D eigenvalue weighted by Crippen LogP contribution is -2.47. The first kappa shape index (κ1) is 24.4. The first-order valence-corrected chi connectivity index (χ1v) is 13.3. The van der Waals surface area contributed by atoms with Gasteiger partial charge in [0.05, 0.1) is 16.6 Å². The average Bonchev–Trinajstić information content (AvgIpc) is 3.60. The third kappa shape index (κ3) is 3.87. The van der Waals surface area contributed by atoms with Crippen LogP contribution >= 0.6 is 0 Å². The summed E-state index contributed by atoms with van der Waals surface area (Å²) in [5, 5.41) is 5.90. The van der Waals surface area contributed by atoms with Gasteiger partial charge in [0.2, 0.25) is 0 Å². The van der Waals surface area contributed by atoms with Gasteiger partial charge in [-0.1, -0.05) is 12.1 Å². The number of halogens is 3. The Hall–Kier alpha value is -3.67. The van der Waals surface area contributed by atoms with Crippen molar-refractivity contribution < 1.29 is 22.3 Å². The number of aromatic amines is 1. The van der Waals surface area contributed by atoms with Gasteiger partial charge in [0.15, 0.2) is 5.82 Å². The highest BCUT2D eigenvalue weighted by molar-refractivity contribution is 5.98. The Bertz CT molecular complexity index is 1640. The molecular weight excluding hydrogens is 513 g/mol. The van der Waals surface area contributed by atoms with E-state index in [1.807, 2.05) is 11.8 Å². The fourth-order valence-electron chi connectivity index (χ4n) is 6.42. The van der Waals surface area contributed by atoms with E-state index in [0.29, 0.717) is 12.4 Å². The van der Waals surface area contributed by atoms with Gasteiger partial charge in [-0.15, -0.1) is 0 Å². The molecule has 0 radical (unpaired) electrons. The second kappa shape index (κ2) is 8.67. The minimum Gasteiger partial charge on any atom is -0.461 e. The molecule has 1 unspecified atom stereocenters. The first-order valence-electron chi connectivity index (χ1n) is 13.3. The summed E-state index contributed by atoms with van der Waals surface area (Å²) >= 11 is 0. The maximum atomic E-state index is 13.8. The molecule has 1 N–H and O–H groups in total. The van der Waals surface area contributed by atoms with Crippen LogP contribution in [0.4, 0.5) is 19.0 Å². The maximum absolute atomic E-state index is 13.8. The molecule has 0 aliphatic carbocycles. The number of anilines is 1. The SMILES string of the molecule is CC1CCN1c1nc(OCC23CCCN2CCC3)nc2cc(-c3cccc4n[nH]c(C(F)(F)F)c34)oc(=O)c12. The van der Waals surface area contributed by atoms with Gasteiger partial charge in [0.25, 0.3) is 0 Å². The Balaban J connectivity index is 1.36. The van der Waals surface area contributed by atoms with Gasteiger partial charge in [-0.3, -0.25) is 10.00 Å². The Morgan fingerprint density at radius 3 is 2.62 bits per heavy atom. The number of ether oxygens (including phenoxy) is 1. The molecule has 3 fully saturated rings. The first-order chi connectivity index (χ1) is 18.7. The van der Waals surface area contributed by atoms with E-state index in [2.05, 4.69) is 25.1 Å². The molecule has 0 spiro atoms. The summed E-state index contributed by atoms with van der Waals surface area (Å²) in [6.45, 7) is 5.32. The van der Waals surface area contributed by atoms with E-state index in [9.17, 15) is 18.0 Å². The van der Waals surface area contributed by atoms with E-state index in [0.717, 1.165) is 51.7 Å². The molecule has 39 heavy (non-hydrogen) atoms. The number of aromatic nitrogens is 4. The van der Waals surface area contributed by atoms with Crippen LogP contribution in [0.1, 0.15) is 44.7 Å². The fourth-order valence-corrected chi connectivity index (χ4v) is 6.42. The van der Waals surface area contributed by atoms with Gasteiger partial charge in [0, 0.05) is 29.6 Å². The molecule has 0 bridgehead atoms. The maximum Gasteiger partial charge on any atom is 0.433 e. The van der Waals surface area contributed by atoms with Gasteiger partial charge in [0.1, 0.15) is 23.4 Å². The van der Waals surface area contributed by atoms with Crippen LogP contribution in [0.3, 0.4) is 0 Å². The molecule has 0 amide bonds. The van der Waals surface area contributed by atoms with Crippen molar-refractivity contribution in [2.75, 3.05) is 31.1 Å². The number of hydrogen-bond donors (Lipinski definition) is 1. The van der Waals surface area contributed by atoms with E-state index in [-0.39, 0.29) is 50.7 Å². The molecular formula is C27H27F3N6O3. The average molecular weight is 541 g/mol. The quantitative estimate of drug-likeness (QED) is 0.387. The zero-order chi connectivity index (χ0) is 26.9. The normalized spacial score (nSPS) is 21.0. The third-order valence-corrected chi connectivity index (χ3v) is 8.57. The molecule has 4 aromatic rings. The second-order valence-corrected chi connectivity index (χ2v) is 10.8. The van der Waals surface area contributed by atoms with Crippen molar-refractivity contribution in [3.63, 3.8) is 0 Å². The van der Waals surface area contributed by atoms with Crippen molar-refractivity contribution in [3.05, 3.63) is 40.4 Å². The van der Waals surface area contributed by atoms with Gasteiger partial charge in [-0.2, -0.15) is 28.2 Å². The number of rotatable bonds is 5. The lowest BCUT2D eigenvalue weighted by atomic mass is 9.95. The third-order valence-electron chi connectivity index (χ3n) is 8.57. The zero-order valence-corrected chi connectivity index (χ0v) is 21.3. The van der Waals surface area contributed by atoms with Crippen LogP contribution in [-0.2, 0) is 6.18 Å². The lowest BCUT2D eigenvalue weighted by molar-refractivity contribution is -0.139. The van der Waals surface area contributed by atoms with Gasteiger partial charge < -0.3 is 14.1 Å². The zero-order valence-electron chi connectivity index (χ0n) is 21.3. The summed E-state index contributed by atoms with van der Waals surface area (Å²) in [7, 11) is 0. The monoisotopic (exact) mass is 540 g/mol. The highest BCUT2D eigenvalue weighted by Crippen LogP contribution is 2.41. The van der Waals surface area contributed by atoms with Crippen molar-refractivity contribution in [2.24, 2.45) is 0 Å². The summed E-state index contributed by atoms with van der Waals surface area (Å²) in [5.41, 5.74) is -1.26. The standard InChI is InChI=1S/C27H27F3N6O3/c1-15-7-12-36(15)23-21-18(31-25(32-23)38-14-26-8-3-10-35(26)11-4-9-26)13-19(39-24(21)37)16-5-2-6-17-20(16)22(34-33-17)27(28,29)30/h2,5-6,13,15H,3-4,7-12,14H2,1H3,(H,33,34). The molecule has 12 heteroatoms. The summed E-state index contributed by atoms with van der Waals surface area (Å²) in [6, 6.07) is 6.33. The minimum atomic E-state index is -4.67. The van der Waals surface area contributed by atoms with Gasteiger partial charge in [-0.05, 0) is 58.2 Å². The lowest BCUT2D eigenvalue weighted by Gasteiger charge is -2.40. The molecule has 204 valence electrons. The predicted molar refractivity (Wildman–Crippen MR) is 138 cm³/mol. The van der Waals surface area contributed by atoms with Gasteiger partial charge in [-0.25, -0.2) is 4.79 Å². The predicted octanol–water partition coefficient (Wildman–Crippen LogP) is 4.75. The molecule has 7 rings (SSSR count). The smallest absolute Gasteiger partial charge is 0.433 e. The molecule has 3 aliphatic heterocycles. The number of alkyl halides is 3. The van der Waals surface area contributed by atoms with Crippen molar-refractivity contribution in [3.8, 4) is 17.3 Å². The largest absolute Gasteiger partial charge is 0.461 e. The highest BCUT2D eigenvalue weighted by atomic mass is 19.4. The van der Waals surface area contributed by atoms with Crippen LogP contribution in [0, 0.1) is 0 Å². The van der Waals surface area contributed by atoms with Crippen LogP contribution in [-0.4, -0.2) is 62.9 Å². The van der Waals surface area contributed by atoms with Crippen molar-refractivity contribution in [2.45, 2.75) is 56.8 Å². The Kier molecular flexibility index (Phi) is 5.42. The van der Waals surface area contributed by atoms with Crippen LogP contribution in [0.15, 0.2) is 33.5 Å². The molecule has 0 saturated carbocycles. The fraction of sp³-hybridized carbons (Fsp3) is 0.481. The number of H-pyrrole nitrogens is 1. The summed E-state index contributed by atoms with van der Waals surface area (Å²) in [4.78, 5) is 27.1. The van der Waals surface area contributed by atoms with Crippen LogP contribution in [0.2, 0.25) is 0 Å². The highest BCUT2D eigenvalue weighted by Gasteiger charge is 2.45. The Morgan fingerprint density at radius 1 is 1.13 bits per heavy atom. The van der Waals surface area contributed by atoms with E-state index < -0.39 is 17.5 Å². The van der Waals surface area contributed by atoms with E-state index in [4.69, 9.17) is 9.15 Å². The summed E-state index contributed by atoms with van der Waals surface area (Å²) < 4.78 is 53.1. The molecule has 3 saturated heterocycles. The number of hydrogen-bond acceptors (Lipinski definition) is 8. The van der Waals surface area contributed by atoms with Crippen LogP contribution in [0.5, 0.6) is 6.01 Å².